The van der Waals surface area contributed by atoms with Crippen LogP contribution in [0.15, 0.2) is 0 Å². The number of hydrogen-bond donors (Lipinski definition) is 0. The van der Waals surface area contributed by atoms with E-state index in [9.17, 15) is 4.79 Å². The van der Waals surface area contributed by atoms with Crippen molar-refractivity contribution < 1.29 is 4.79 Å². The minimum absolute atomic E-state index is 0.188. The third-order valence-electron chi connectivity index (χ3n) is 5.55. The summed E-state index contributed by atoms with van der Waals surface area (Å²) in [6.07, 6.45) is 4.77. The average Bonchev–Trinajstić information content (AvgIpc) is 3.18. The van der Waals surface area contributed by atoms with E-state index in [1.54, 1.807) is 0 Å². The first-order valence-corrected chi connectivity index (χ1v) is 8.59. The molecule has 0 spiro atoms. The summed E-state index contributed by atoms with van der Waals surface area (Å²) < 4.78 is 1.82. The number of aromatic nitrogens is 2. The van der Waals surface area contributed by atoms with Gasteiger partial charge in [0.15, 0.2) is 0 Å². The maximum Gasteiger partial charge on any atom is 0.257 e. The number of carbonyl (C=O) groups is 1. The predicted molar refractivity (Wildman–Crippen MR) is 87.0 cm³/mol. The molecule has 0 saturated carbocycles. The van der Waals surface area contributed by atoms with Gasteiger partial charge in [-0.25, -0.2) is 0 Å². The SMILES string of the molecule is CCN1CCCC1C1CCCN1C(=O)c1c(C)nn(C)c1C. The van der Waals surface area contributed by atoms with Crippen molar-refractivity contribution in [1.29, 1.82) is 0 Å². The molecule has 5 heteroatoms. The summed E-state index contributed by atoms with van der Waals surface area (Å²) in [5.41, 5.74) is 2.65. The van der Waals surface area contributed by atoms with Crippen LogP contribution in [-0.4, -0.2) is 57.2 Å². The van der Waals surface area contributed by atoms with Crippen molar-refractivity contribution in [3.8, 4) is 0 Å². The normalized spacial score (nSPS) is 26.1. The first-order valence-electron chi connectivity index (χ1n) is 8.59. The van der Waals surface area contributed by atoms with Crippen molar-refractivity contribution >= 4 is 5.91 Å². The molecule has 0 N–H and O–H groups in total. The highest BCUT2D eigenvalue weighted by molar-refractivity contribution is 5.96. The van der Waals surface area contributed by atoms with Crippen molar-refractivity contribution in [1.82, 2.24) is 19.6 Å². The van der Waals surface area contributed by atoms with Crippen molar-refractivity contribution in [2.45, 2.75) is 58.5 Å². The molecule has 2 atom stereocenters. The van der Waals surface area contributed by atoms with Gasteiger partial charge in [0.05, 0.1) is 11.3 Å². The highest BCUT2D eigenvalue weighted by Gasteiger charge is 2.40. The van der Waals surface area contributed by atoms with E-state index < -0.39 is 0 Å². The molecule has 122 valence electrons. The zero-order chi connectivity index (χ0) is 15.9. The maximum absolute atomic E-state index is 13.1. The van der Waals surface area contributed by atoms with Crippen molar-refractivity contribution in [3.05, 3.63) is 17.0 Å². The molecule has 2 saturated heterocycles. The lowest BCUT2D eigenvalue weighted by Gasteiger charge is -2.34. The highest BCUT2D eigenvalue weighted by atomic mass is 16.2. The van der Waals surface area contributed by atoms with Crippen LogP contribution in [-0.2, 0) is 7.05 Å². The fourth-order valence-corrected chi connectivity index (χ4v) is 4.35. The van der Waals surface area contributed by atoms with Crippen LogP contribution in [0, 0.1) is 13.8 Å². The van der Waals surface area contributed by atoms with Crippen LogP contribution in [0.1, 0.15) is 54.4 Å². The van der Waals surface area contributed by atoms with Crippen LogP contribution in [0.3, 0.4) is 0 Å². The molecule has 2 unspecified atom stereocenters. The molecule has 2 aliphatic heterocycles. The van der Waals surface area contributed by atoms with Gasteiger partial charge >= 0.3 is 0 Å². The van der Waals surface area contributed by atoms with Gasteiger partial charge in [-0.05, 0) is 52.6 Å². The Labute approximate surface area is 133 Å². The fraction of sp³-hybridized carbons (Fsp3) is 0.765. The van der Waals surface area contributed by atoms with Crippen molar-refractivity contribution in [2.75, 3.05) is 19.6 Å². The number of likely N-dealkylation sites (tertiary alicyclic amines) is 2. The van der Waals surface area contributed by atoms with Crippen LogP contribution in [0.2, 0.25) is 0 Å². The van der Waals surface area contributed by atoms with Crippen LogP contribution in [0.5, 0.6) is 0 Å². The van der Waals surface area contributed by atoms with Crippen LogP contribution >= 0.6 is 0 Å². The molecule has 0 aliphatic carbocycles. The molecule has 0 bridgehead atoms. The van der Waals surface area contributed by atoms with Gasteiger partial charge in [0.2, 0.25) is 0 Å². The summed E-state index contributed by atoms with van der Waals surface area (Å²) in [5.74, 6) is 0.188. The lowest BCUT2D eigenvalue weighted by molar-refractivity contribution is 0.0648. The van der Waals surface area contributed by atoms with E-state index >= 15 is 0 Å². The molecule has 3 rings (SSSR count). The number of hydrogen-bond acceptors (Lipinski definition) is 3. The van der Waals surface area contributed by atoms with Gasteiger partial charge in [0.25, 0.3) is 5.91 Å². The Morgan fingerprint density at radius 2 is 1.86 bits per heavy atom. The molecule has 0 aromatic carbocycles. The smallest absolute Gasteiger partial charge is 0.257 e. The summed E-state index contributed by atoms with van der Waals surface area (Å²) in [5, 5.41) is 4.42. The summed E-state index contributed by atoms with van der Waals surface area (Å²) in [6, 6.07) is 0.933. The topological polar surface area (TPSA) is 41.4 Å². The van der Waals surface area contributed by atoms with Gasteiger partial charge in [0, 0.05) is 31.4 Å². The van der Waals surface area contributed by atoms with Gasteiger partial charge < -0.3 is 4.90 Å². The zero-order valence-electron chi connectivity index (χ0n) is 14.3. The molecule has 1 aromatic rings. The van der Waals surface area contributed by atoms with Gasteiger partial charge in [-0.3, -0.25) is 14.4 Å². The van der Waals surface area contributed by atoms with Gasteiger partial charge in [0.1, 0.15) is 0 Å². The van der Waals surface area contributed by atoms with Gasteiger partial charge in [-0.15, -0.1) is 0 Å². The predicted octanol–water partition coefficient (Wildman–Crippen LogP) is 2.13. The molecule has 1 amide bonds. The summed E-state index contributed by atoms with van der Waals surface area (Å²) >= 11 is 0. The number of nitrogens with zero attached hydrogens (tertiary/aromatic N) is 4. The van der Waals surface area contributed by atoms with Crippen LogP contribution in [0.25, 0.3) is 0 Å². The molecule has 5 nitrogen and oxygen atoms in total. The third-order valence-corrected chi connectivity index (χ3v) is 5.55. The Morgan fingerprint density at radius 1 is 1.18 bits per heavy atom. The van der Waals surface area contributed by atoms with E-state index in [0.717, 1.165) is 42.9 Å². The lowest BCUT2D eigenvalue weighted by Crippen LogP contribution is -2.48. The second-order valence-corrected chi connectivity index (χ2v) is 6.72. The number of aryl methyl sites for hydroxylation is 2. The molecule has 22 heavy (non-hydrogen) atoms. The van der Waals surface area contributed by atoms with Crippen LogP contribution < -0.4 is 0 Å². The molecule has 2 aliphatic rings. The first-order chi connectivity index (χ1) is 10.5. The van der Waals surface area contributed by atoms with Crippen LogP contribution in [0.4, 0.5) is 0 Å². The van der Waals surface area contributed by atoms with E-state index in [1.165, 1.54) is 19.4 Å². The van der Waals surface area contributed by atoms with E-state index in [2.05, 4.69) is 21.8 Å². The number of rotatable bonds is 3. The standard InChI is InChI=1S/C17H28N4O/c1-5-20-10-6-8-14(20)15-9-7-11-21(15)17(22)16-12(2)18-19(4)13(16)3/h14-15H,5-11H2,1-4H3. The highest BCUT2D eigenvalue weighted by Crippen LogP contribution is 2.31. The van der Waals surface area contributed by atoms with Crippen molar-refractivity contribution in [3.63, 3.8) is 0 Å². The lowest BCUT2D eigenvalue weighted by atomic mass is 10.0. The van der Waals surface area contributed by atoms with Crippen molar-refractivity contribution in [2.24, 2.45) is 7.05 Å². The van der Waals surface area contributed by atoms with E-state index in [0.29, 0.717) is 12.1 Å². The Morgan fingerprint density at radius 3 is 2.50 bits per heavy atom. The maximum atomic E-state index is 13.1. The second kappa shape index (κ2) is 6.03. The van der Waals surface area contributed by atoms with Gasteiger partial charge in [-0.2, -0.15) is 5.10 Å². The Bertz CT molecular complexity index is 565. The molecule has 1 aromatic heterocycles. The molecule has 2 fully saturated rings. The Kier molecular flexibility index (Phi) is 4.26. The molecule has 3 heterocycles. The molecular formula is C17H28N4O. The monoisotopic (exact) mass is 304 g/mol. The summed E-state index contributed by atoms with van der Waals surface area (Å²) in [4.78, 5) is 17.8. The summed E-state index contributed by atoms with van der Waals surface area (Å²) in [7, 11) is 1.91. The fourth-order valence-electron chi connectivity index (χ4n) is 4.35. The number of amides is 1. The molecule has 0 radical (unpaired) electrons. The minimum atomic E-state index is 0.188. The summed E-state index contributed by atoms with van der Waals surface area (Å²) in [6.45, 7) is 9.34. The Hall–Kier alpha value is -1.36. The largest absolute Gasteiger partial charge is 0.334 e. The van der Waals surface area contributed by atoms with E-state index in [1.807, 2.05) is 25.6 Å². The van der Waals surface area contributed by atoms with E-state index in [4.69, 9.17) is 0 Å². The first kappa shape index (κ1) is 15.5. The third kappa shape index (κ3) is 2.45. The zero-order valence-corrected chi connectivity index (χ0v) is 14.3. The molecular weight excluding hydrogens is 276 g/mol. The average molecular weight is 304 g/mol. The second-order valence-electron chi connectivity index (χ2n) is 6.72. The quantitative estimate of drug-likeness (QED) is 0.859. The van der Waals surface area contributed by atoms with Gasteiger partial charge in [-0.1, -0.05) is 6.92 Å². The number of carbonyl (C=O) groups excluding carboxylic acids is 1. The van der Waals surface area contributed by atoms with E-state index in [-0.39, 0.29) is 5.91 Å². The Balaban J connectivity index is 1.85. The number of likely N-dealkylation sites (N-methyl/N-ethyl adjacent to an activating group) is 1. The minimum Gasteiger partial charge on any atom is -0.334 e.